The normalized spacial score (nSPS) is 30.4. The number of nitrogens with one attached hydrogen (secondary N) is 1. The molecule has 17 heavy (non-hydrogen) atoms. The van der Waals surface area contributed by atoms with Crippen molar-refractivity contribution in [3.05, 3.63) is 0 Å². The maximum Gasteiger partial charge on any atom is 0.408 e. The molecule has 1 aliphatic carbocycles. The third-order valence-corrected chi connectivity index (χ3v) is 4.12. The Hall–Kier alpha value is -0.770. The summed E-state index contributed by atoms with van der Waals surface area (Å²) in [5.74, 6) is 0. The van der Waals surface area contributed by atoms with Crippen molar-refractivity contribution in [1.29, 1.82) is 0 Å². The number of piperidine rings is 1. The van der Waals surface area contributed by atoms with Gasteiger partial charge in [-0.05, 0) is 37.5 Å². The lowest BCUT2D eigenvalue weighted by Crippen LogP contribution is -2.69. The van der Waals surface area contributed by atoms with E-state index in [1.165, 1.54) is 12.8 Å². The molecule has 1 saturated heterocycles. The summed E-state index contributed by atoms with van der Waals surface area (Å²) in [5, 5.41) is 13.1. The van der Waals surface area contributed by atoms with Crippen molar-refractivity contribution in [1.82, 2.24) is 10.2 Å². The molecule has 0 spiro atoms. The van der Waals surface area contributed by atoms with Gasteiger partial charge >= 0.3 is 6.09 Å². The molecule has 4 nitrogen and oxygen atoms in total. The van der Waals surface area contributed by atoms with Gasteiger partial charge in [0.05, 0.1) is 0 Å². The summed E-state index contributed by atoms with van der Waals surface area (Å²) in [6, 6.07) is 0.522. The fraction of sp³-hybridized carbons (Fsp3) is 0.923. The Morgan fingerprint density at radius 1 is 1.35 bits per heavy atom. The van der Waals surface area contributed by atoms with Crippen LogP contribution in [0.5, 0.6) is 0 Å². The van der Waals surface area contributed by atoms with Gasteiger partial charge in [0.2, 0.25) is 0 Å². The van der Waals surface area contributed by atoms with Crippen LogP contribution in [0.15, 0.2) is 0 Å². The fourth-order valence-corrected chi connectivity index (χ4v) is 2.95. The Bertz CT molecular complexity index is 307. The Labute approximate surface area is 103 Å². The molecule has 98 valence electrons. The minimum Gasteiger partial charge on any atom is -0.465 e. The van der Waals surface area contributed by atoms with Crippen molar-refractivity contribution in [3.8, 4) is 0 Å². The van der Waals surface area contributed by atoms with Gasteiger partial charge in [0, 0.05) is 12.6 Å². The van der Waals surface area contributed by atoms with Crippen LogP contribution < -0.4 is 5.32 Å². The molecule has 1 atom stereocenters. The minimum atomic E-state index is -0.784. The summed E-state index contributed by atoms with van der Waals surface area (Å²) >= 11 is 0. The number of carboxylic acid groups (broad SMARTS) is 1. The monoisotopic (exact) mass is 240 g/mol. The zero-order valence-corrected chi connectivity index (χ0v) is 11.1. The van der Waals surface area contributed by atoms with Crippen LogP contribution in [0, 0.1) is 5.41 Å². The maximum atomic E-state index is 11.5. The van der Waals surface area contributed by atoms with E-state index in [1.54, 1.807) is 4.90 Å². The number of rotatable bonds is 2. The van der Waals surface area contributed by atoms with Crippen molar-refractivity contribution in [2.75, 3.05) is 6.54 Å². The van der Waals surface area contributed by atoms with Crippen LogP contribution in [-0.4, -0.2) is 34.3 Å². The first-order valence-corrected chi connectivity index (χ1v) is 6.65. The molecule has 1 amide bonds. The molecule has 1 saturated carbocycles. The first kappa shape index (κ1) is 12.7. The summed E-state index contributed by atoms with van der Waals surface area (Å²) in [6.45, 7) is 7.09. The third-order valence-electron chi connectivity index (χ3n) is 4.12. The SMILES string of the molecule is CC(C)(C)C1(NC2CC2)CCCCN1C(=O)O. The first-order chi connectivity index (χ1) is 7.87. The standard InChI is InChI=1S/C13H24N2O2/c1-12(2,3)13(14-10-6-7-10)8-4-5-9-15(13)11(16)17/h10,14H,4-9H2,1-3H3,(H,16,17). The predicted molar refractivity (Wildman–Crippen MR) is 66.9 cm³/mol. The van der Waals surface area contributed by atoms with Crippen LogP contribution in [-0.2, 0) is 0 Å². The van der Waals surface area contributed by atoms with E-state index >= 15 is 0 Å². The smallest absolute Gasteiger partial charge is 0.408 e. The molecule has 0 bridgehead atoms. The number of amides is 1. The topological polar surface area (TPSA) is 52.6 Å². The number of hydrogen-bond acceptors (Lipinski definition) is 2. The molecule has 2 N–H and O–H groups in total. The summed E-state index contributed by atoms with van der Waals surface area (Å²) in [5.41, 5.74) is -0.452. The van der Waals surface area contributed by atoms with E-state index in [4.69, 9.17) is 0 Å². The Morgan fingerprint density at radius 3 is 2.47 bits per heavy atom. The zero-order chi connectivity index (χ0) is 12.7. The van der Waals surface area contributed by atoms with Crippen molar-refractivity contribution in [3.63, 3.8) is 0 Å². The molecule has 0 aromatic carbocycles. The minimum absolute atomic E-state index is 0.0750. The first-order valence-electron chi connectivity index (χ1n) is 6.65. The van der Waals surface area contributed by atoms with E-state index in [1.807, 2.05) is 0 Å². The second kappa shape index (κ2) is 4.16. The van der Waals surface area contributed by atoms with Crippen molar-refractivity contribution < 1.29 is 9.90 Å². The van der Waals surface area contributed by atoms with E-state index in [9.17, 15) is 9.90 Å². The van der Waals surface area contributed by atoms with Gasteiger partial charge in [-0.3, -0.25) is 10.2 Å². The highest BCUT2D eigenvalue weighted by Crippen LogP contribution is 2.42. The van der Waals surface area contributed by atoms with Crippen LogP contribution >= 0.6 is 0 Å². The van der Waals surface area contributed by atoms with Crippen molar-refractivity contribution in [2.24, 2.45) is 5.41 Å². The van der Waals surface area contributed by atoms with Gasteiger partial charge in [0.15, 0.2) is 0 Å². The number of carbonyl (C=O) groups is 1. The molecule has 2 aliphatic rings. The van der Waals surface area contributed by atoms with Crippen LogP contribution in [0.1, 0.15) is 52.9 Å². The van der Waals surface area contributed by atoms with E-state index in [-0.39, 0.29) is 11.1 Å². The summed E-state index contributed by atoms with van der Waals surface area (Å²) in [7, 11) is 0. The largest absolute Gasteiger partial charge is 0.465 e. The van der Waals surface area contributed by atoms with Gasteiger partial charge in [0.1, 0.15) is 5.66 Å². The second-order valence-corrected chi connectivity index (χ2v) is 6.42. The molecule has 1 heterocycles. The van der Waals surface area contributed by atoms with Crippen LogP contribution in [0.2, 0.25) is 0 Å². The van der Waals surface area contributed by atoms with Gasteiger partial charge in [-0.15, -0.1) is 0 Å². The molecule has 0 aromatic rings. The maximum absolute atomic E-state index is 11.5. The summed E-state index contributed by atoms with van der Waals surface area (Å²) in [4.78, 5) is 13.2. The Kier molecular flexibility index (Phi) is 3.10. The molecular weight excluding hydrogens is 216 g/mol. The molecule has 1 unspecified atom stereocenters. The number of hydrogen-bond donors (Lipinski definition) is 2. The van der Waals surface area contributed by atoms with E-state index in [0.29, 0.717) is 12.6 Å². The van der Waals surface area contributed by atoms with E-state index < -0.39 is 6.09 Å². The van der Waals surface area contributed by atoms with Gasteiger partial charge in [-0.2, -0.15) is 0 Å². The average molecular weight is 240 g/mol. The lowest BCUT2D eigenvalue weighted by molar-refractivity contribution is -0.0506. The van der Waals surface area contributed by atoms with E-state index in [2.05, 4.69) is 26.1 Å². The van der Waals surface area contributed by atoms with Crippen molar-refractivity contribution >= 4 is 6.09 Å². The second-order valence-electron chi connectivity index (χ2n) is 6.42. The average Bonchev–Trinajstić information content (AvgIpc) is 3.00. The fourth-order valence-electron chi connectivity index (χ4n) is 2.95. The Morgan fingerprint density at radius 2 is 2.00 bits per heavy atom. The Balaban J connectivity index is 2.30. The van der Waals surface area contributed by atoms with Crippen LogP contribution in [0.4, 0.5) is 4.79 Å². The lowest BCUT2D eigenvalue weighted by atomic mass is 9.74. The molecule has 2 rings (SSSR count). The highest BCUT2D eigenvalue weighted by atomic mass is 16.4. The molecule has 0 aromatic heterocycles. The van der Waals surface area contributed by atoms with Crippen molar-refractivity contribution in [2.45, 2.75) is 64.6 Å². The molecular formula is C13H24N2O2. The highest BCUT2D eigenvalue weighted by molar-refractivity contribution is 5.66. The summed E-state index contributed by atoms with van der Waals surface area (Å²) < 4.78 is 0. The summed E-state index contributed by atoms with van der Waals surface area (Å²) in [6.07, 6.45) is 4.61. The van der Waals surface area contributed by atoms with Crippen LogP contribution in [0.3, 0.4) is 0 Å². The third kappa shape index (κ3) is 2.28. The van der Waals surface area contributed by atoms with E-state index in [0.717, 1.165) is 19.3 Å². The molecule has 4 heteroatoms. The van der Waals surface area contributed by atoms with Gasteiger partial charge in [0.25, 0.3) is 0 Å². The molecule has 1 aliphatic heterocycles. The molecule has 0 radical (unpaired) electrons. The predicted octanol–water partition coefficient (Wildman–Crippen LogP) is 2.64. The molecule has 2 fully saturated rings. The van der Waals surface area contributed by atoms with Gasteiger partial charge in [-0.25, -0.2) is 4.79 Å². The quantitative estimate of drug-likeness (QED) is 0.780. The number of likely N-dealkylation sites (tertiary alicyclic amines) is 1. The van der Waals surface area contributed by atoms with Gasteiger partial charge in [-0.1, -0.05) is 20.8 Å². The lowest BCUT2D eigenvalue weighted by Gasteiger charge is -2.54. The zero-order valence-electron chi connectivity index (χ0n) is 11.1. The van der Waals surface area contributed by atoms with Gasteiger partial charge < -0.3 is 5.11 Å². The van der Waals surface area contributed by atoms with Crippen LogP contribution in [0.25, 0.3) is 0 Å². The number of nitrogens with zero attached hydrogens (tertiary/aromatic N) is 1. The highest BCUT2D eigenvalue weighted by Gasteiger charge is 2.52.